The van der Waals surface area contributed by atoms with Gasteiger partial charge in [0.2, 0.25) is 0 Å². The number of fused-ring (bicyclic) bond motifs is 2. The van der Waals surface area contributed by atoms with E-state index in [9.17, 15) is 8.42 Å². The number of pyridine rings is 1. The molecule has 0 unspecified atom stereocenters. The summed E-state index contributed by atoms with van der Waals surface area (Å²) in [5, 5.41) is 0.0185. The summed E-state index contributed by atoms with van der Waals surface area (Å²) in [6.45, 7) is 1.20. The van der Waals surface area contributed by atoms with Gasteiger partial charge in [-0.1, -0.05) is 17.7 Å². The van der Waals surface area contributed by atoms with E-state index >= 15 is 0 Å². The summed E-state index contributed by atoms with van der Waals surface area (Å²) in [5.74, 6) is 1.30. The van der Waals surface area contributed by atoms with Crippen LogP contribution in [-0.2, 0) is 23.0 Å². The van der Waals surface area contributed by atoms with Gasteiger partial charge < -0.3 is 4.57 Å². The van der Waals surface area contributed by atoms with Gasteiger partial charge in [0.25, 0.3) is 10.0 Å². The lowest BCUT2D eigenvalue weighted by Gasteiger charge is -2.27. The highest BCUT2D eigenvalue weighted by atomic mass is 35.5. The van der Waals surface area contributed by atoms with Crippen LogP contribution < -0.4 is 0 Å². The first-order valence-electron chi connectivity index (χ1n) is 8.06. The SMILES string of the molecule is CN(C[C@@H]1CCc2nccn2C1)S(=O)(=O)c1c(Cl)nc2ccccn12. The fraction of sp³-hybridized carbons (Fsp3) is 0.375. The van der Waals surface area contributed by atoms with Crippen molar-refractivity contribution in [3.63, 3.8) is 0 Å². The van der Waals surface area contributed by atoms with E-state index in [-0.39, 0.29) is 16.1 Å². The largest absolute Gasteiger partial charge is 0.335 e. The summed E-state index contributed by atoms with van der Waals surface area (Å²) in [6, 6.07) is 5.28. The molecule has 4 heterocycles. The molecular formula is C16H18ClN5O2S. The van der Waals surface area contributed by atoms with Gasteiger partial charge in [0.15, 0.2) is 10.2 Å². The van der Waals surface area contributed by atoms with Crippen LogP contribution in [0, 0.1) is 5.92 Å². The van der Waals surface area contributed by atoms with Crippen LogP contribution in [0.5, 0.6) is 0 Å². The molecule has 9 heteroatoms. The monoisotopic (exact) mass is 379 g/mol. The number of hydrogen-bond donors (Lipinski definition) is 0. The van der Waals surface area contributed by atoms with Crippen LogP contribution in [0.25, 0.3) is 5.65 Å². The average molecular weight is 380 g/mol. The standard InChI is InChI=1S/C16H18ClN5O2S/c1-20(10-12-5-6-13-18-7-9-21(13)11-12)25(23,24)16-15(17)19-14-4-2-3-8-22(14)16/h2-4,7-9,12H,5-6,10-11H2,1H3/t12-/m0/s1. The number of imidazole rings is 2. The van der Waals surface area contributed by atoms with Crippen LogP contribution in [-0.4, -0.2) is 45.3 Å². The lowest BCUT2D eigenvalue weighted by molar-refractivity contribution is 0.302. The second-order valence-electron chi connectivity index (χ2n) is 6.32. The number of rotatable bonds is 4. The molecular weight excluding hydrogens is 362 g/mol. The van der Waals surface area contributed by atoms with Crippen LogP contribution in [0.2, 0.25) is 5.15 Å². The van der Waals surface area contributed by atoms with E-state index in [1.54, 1.807) is 37.6 Å². The van der Waals surface area contributed by atoms with Crippen molar-refractivity contribution in [1.82, 2.24) is 23.2 Å². The van der Waals surface area contributed by atoms with E-state index in [2.05, 4.69) is 14.5 Å². The van der Waals surface area contributed by atoms with E-state index in [4.69, 9.17) is 11.6 Å². The molecule has 0 aromatic carbocycles. The second kappa shape index (κ2) is 6.12. The molecule has 0 bridgehead atoms. The average Bonchev–Trinajstić information content (AvgIpc) is 3.17. The lowest BCUT2D eigenvalue weighted by Crippen LogP contribution is -2.36. The van der Waals surface area contributed by atoms with Crippen molar-refractivity contribution in [3.05, 3.63) is 47.8 Å². The van der Waals surface area contributed by atoms with Gasteiger partial charge in [-0.3, -0.25) is 4.40 Å². The van der Waals surface area contributed by atoms with Crippen LogP contribution in [0.4, 0.5) is 0 Å². The van der Waals surface area contributed by atoms with Gasteiger partial charge in [-0.2, -0.15) is 4.31 Å². The molecule has 3 aromatic heterocycles. The third-order valence-corrected chi connectivity index (χ3v) is 6.87. The molecule has 0 spiro atoms. The number of hydrogen-bond acceptors (Lipinski definition) is 4. The molecule has 3 aromatic rings. The molecule has 4 rings (SSSR count). The van der Waals surface area contributed by atoms with E-state index < -0.39 is 10.0 Å². The van der Waals surface area contributed by atoms with E-state index in [1.165, 1.54) is 8.71 Å². The Kier molecular flexibility index (Phi) is 4.05. The Labute approximate surface area is 150 Å². The highest BCUT2D eigenvalue weighted by Gasteiger charge is 2.31. The molecule has 7 nitrogen and oxygen atoms in total. The Bertz CT molecular complexity index is 1030. The molecule has 1 aliphatic rings. The van der Waals surface area contributed by atoms with Crippen LogP contribution in [0.3, 0.4) is 0 Å². The number of aryl methyl sites for hydroxylation is 1. The minimum atomic E-state index is -3.74. The molecule has 25 heavy (non-hydrogen) atoms. The quantitative estimate of drug-likeness (QED) is 0.695. The van der Waals surface area contributed by atoms with Gasteiger partial charge in [0, 0.05) is 45.1 Å². The van der Waals surface area contributed by atoms with Crippen LogP contribution >= 0.6 is 11.6 Å². The maximum atomic E-state index is 13.1. The Morgan fingerprint density at radius 2 is 2.20 bits per heavy atom. The van der Waals surface area contributed by atoms with Crippen molar-refractivity contribution >= 4 is 27.3 Å². The fourth-order valence-corrected chi connectivity index (χ4v) is 5.20. The summed E-state index contributed by atoms with van der Waals surface area (Å²) in [6.07, 6.45) is 7.17. The molecule has 132 valence electrons. The molecule has 0 amide bonds. The van der Waals surface area contributed by atoms with E-state index in [0.717, 1.165) is 25.2 Å². The maximum absolute atomic E-state index is 13.1. The third kappa shape index (κ3) is 2.84. The molecule has 0 saturated carbocycles. The number of sulfonamides is 1. The molecule has 0 aliphatic carbocycles. The first-order valence-corrected chi connectivity index (χ1v) is 9.87. The molecule has 0 radical (unpaired) electrons. The maximum Gasteiger partial charge on any atom is 0.262 e. The van der Waals surface area contributed by atoms with Crippen molar-refractivity contribution in [2.45, 2.75) is 24.4 Å². The van der Waals surface area contributed by atoms with E-state index in [1.807, 2.05) is 6.20 Å². The first-order chi connectivity index (χ1) is 12.0. The second-order valence-corrected chi connectivity index (χ2v) is 8.64. The molecule has 0 saturated heterocycles. The minimum absolute atomic E-state index is 0.00131. The highest BCUT2D eigenvalue weighted by Crippen LogP contribution is 2.27. The number of aromatic nitrogens is 4. The van der Waals surface area contributed by atoms with Gasteiger partial charge in [0.05, 0.1) is 0 Å². The minimum Gasteiger partial charge on any atom is -0.335 e. The van der Waals surface area contributed by atoms with Gasteiger partial charge in [-0.05, 0) is 24.5 Å². The zero-order valence-electron chi connectivity index (χ0n) is 13.7. The molecule has 0 fully saturated rings. The summed E-state index contributed by atoms with van der Waals surface area (Å²) in [7, 11) is -2.14. The third-order valence-electron chi connectivity index (χ3n) is 4.65. The Morgan fingerprint density at radius 1 is 1.36 bits per heavy atom. The summed E-state index contributed by atoms with van der Waals surface area (Å²) < 4.78 is 31.1. The van der Waals surface area contributed by atoms with Crippen molar-refractivity contribution < 1.29 is 8.42 Å². The molecule has 1 aliphatic heterocycles. The predicted molar refractivity (Wildman–Crippen MR) is 94.1 cm³/mol. The number of nitrogens with zero attached hydrogens (tertiary/aromatic N) is 5. The van der Waals surface area contributed by atoms with Crippen molar-refractivity contribution in [2.75, 3.05) is 13.6 Å². The van der Waals surface area contributed by atoms with Crippen molar-refractivity contribution in [1.29, 1.82) is 0 Å². The Morgan fingerprint density at radius 3 is 3.04 bits per heavy atom. The first kappa shape index (κ1) is 16.6. The van der Waals surface area contributed by atoms with Crippen molar-refractivity contribution in [3.8, 4) is 0 Å². The van der Waals surface area contributed by atoms with Gasteiger partial charge >= 0.3 is 0 Å². The molecule has 0 N–H and O–H groups in total. The Balaban J connectivity index is 1.61. The van der Waals surface area contributed by atoms with Crippen molar-refractivity contribution in [2.24, 2.45) is 5.92 Å². The lowest BCUT2D eigenvalue weighted by atomic mass is 10.00. The topological polar surface area (TPSA) is 72.5 Å². The summed E-state index contributed by atoms with van der Waals surface area (Å²) in [4.78, 5) is 8.45. The summed E-state index contributed by atoms with van der Waals surface area (Å²) >= 11 is 6.14. The van der Waals surface area contributed by atoms with E-state index in [0.29, 0.717) is 12.2 Å². The zero-order valence-corrected chi connectivity index (χ0v) is 15.3. The van der Waals surface area contributed by atoms with Gasteiger partial charge in [0.1, 0.15) is 11.5 Å². The molecule has 1 atom stereocenters. The fourth-order valence-electron chi connectivity index (χ4n) is 3.37. The van der Waals surface area contributed by atoms with Crippen LogP contribution in [0.15, 0.2) is 41.8 Å². The highest BCUT2D eigenvalue weighted by molar-refractivity contribution is 7.89. The van der Waals surface area contributed by atoms with Crippen LogP contribution in [0.1, 0.15) is 12.2 Å². The number of halogens is 1. The summed E-state index contributed by atoms with van der Waals surface area (Å²) in [5.41, 5.74) is 0.514. The normalized spacial score (nSPS) is 18.0. The van der Waals surface area contributed by atoms with Gasteiger partial charge in [-0.25, -0.2) is 18.4 Å². The smallest absolute Gasteiger partial charge is 0.262 e. The van der Waals surface area contributed by atoms with Gasteiger partial charge in [-0.15, -0.1) is 0 Å². The predicted octanol–water partition coefficient (Wildman–Crippen LogP) is 2.07. The Hall–Kier alpha value is -1.90. The zero-order chi connectivity index (χ0) is 17.6.